The summed E-state index contributed by atoms with van der Waals surface area (Å²) in [7, 11) is 0. The maximum Gasteiger partial charge on any atom is 0.127 e. The van der Waals surface area contributed by atoms with Crippen molar-refractivity contribution in [1.29, 1.82) is 0 Å². The van der Waals surface area contributed by atoms with Gasteiger partial charge in [-0.1, -0.05) is 12.1 Å². The molecule has 4 aromatic rings. The van der Waals surface area contributed by atoms with Crippen LogP contribution in [0.1, 0.15) is 35.6 Å². The van der Waals surface area contributed by atoms with Gasteiger partial charge in [-0.05, 0) is 55.5 Å². The maximum absolute atomic E-state index is 14.5. The van der Waals surface area contributed by atoms with Gasteiger partial charge in [0.05, 0.1) is 17.7 Å². The highest BCUT2D eigenvalue weighted by atomic mass is 19.1. The second-order valence-corrected chi connectivity index (χ2v) is 7.54. The monoisotopic (exact) mass is 388 g/mol. The van der Waals surface area contributed by atoms with Gasteiger partial charge in [0.2, 0.25) is 0 Å². The van der Waals surface area contributed by atoms with E-state index in [9.17, 15) is 4.39 Å². The van der Waals surface area contributed by atoms with Crippen LogP contribution in [-0.2, 0) is 13.0 Å². The molecule has 3 aromatic heterocycles. The molecule has 3 heterocycles. The van der Waals surface area contributed by atoms with E-state index in [-0.39, 0.29) is 11.7 Å². The van der Waals surface area contributed by atoms with Crippen LogP contribution in [0.25, 0.3) is 22.6 Å². The molecule has 1 aliphatic carbocycles. The first kappa shape index (κ1) is 17.7. The molecule has 0 radical (unpaired) electrons. The number of fused-ring (bicyclic) bond motifs is 1. The highest BCUT2D eigenvalue weighted by molar-refractivity contribution is 5.67. The predicted octanol–water partition coefficient (Wildman–Crippen LogP) is 4.30. The molecule has 0 spiro atoms. The molecular weight excluding hydrogens is 367 g/mol. The Morgan fingerprint density at radius 3 is 2.97 bits per heavy atom. The summed E-state index contributed by atoms with van der Waals surface area (Å²) in [4.78, 5) is 9.00. The Morgan fingerprint density at radius 1 is 1.17 bits per heavy atom. The van der Waals surface area contributed by atoms with Gasteiger partial charge in [0.1, 0.15) is 17.2 Å². The minimum Gasteiger partial charge on any atom is -0.336 e. The molecule has 0 unspecified atom stereocenters. The highest BCUT2D eigenvalue weighted by Crippen LogP contribution is 2.35. The van der Waals surface area contributed by atoms with E-state index in [0.717, 1.165) is 58.7 Å². The molecule has 0 saturated carbocycles. The smallest absolute Gasteiger partial charge is 0.127 e. The van der Waals surface area contributed by atoms with Crippen LogP contribution in [0.15, 0.2) is 49.1 Å². The Morgan fingerprint density at radius 2 is 2.10 bits per heavy atom. The zero-order chi connectivity index (χ0) is 19.8. The summed E-state index contributed by atoms with van der Waals surface area (Å²) in [6.07, 6.45) is 8.57. The third kappa shape index (κ3) is 3.33. The van der Waals surface area contributed by atoms with Crippen molar-refractivity contribution in [3.63, 3.8) is 0 Å². The standard InChI is InChI=1S/C22H21FN6/c1-14-22(27-28-26-14)16-8-9-24-19(10-16)20-12-29(13-25-20)11-17-6-2-4-15-5-3-7-18(23)21(15)17/h3,5,7-10,12-13,17H,2,4,6,11H2,1H3,(H,26,27,28)/t17-/m0/s1. The summed E-state index contributed by atoms with van der Waals surface area (Å²) < 4.78 is 16.5. The van der Waals surface area contributed by atoms with E-state index >= 15 is 0 Å². The van der Waals surface area contributed by atoms with Gasteiger partial charge in [0, 0.05) is 30.4 Å². The van der Waals surface area contributed by atoms with E-state index in [1.807, 2.05) is 35.9 Å². The minimum absolute atomic E-state index is 0.0927. The Hall–Kier alpha value is -3.35. The van der Waals surface area contributed by atoms with Gasteiger partial charge < -0.3 is 4.57 Å². The highest BCUT2D eigenvalue weighted by Gasteiger charge is 2.24. The number of nitrogens with zero attached hydrogens (tertiary/aromatic N) is 5. The fourth-order valence-corrected chi connectivity index (χ4v) is 4.24. The van der Waals surface area contributed by atoms with E-state index in [0.29, 0.717) is 6.54 Å². The number of imidazole rings is 1. The van der Waals surface area contributed by atoms with Crippen LogP contribution in [0.3, 0.4) is 0 Å². The van der Waals surface area contributed by atoms with Crippen LogP contribution in [0.2, 0.25) is 0 Å². The lowest BCUT2D eigenvalue weighted by Crippen LogP contribution is -2.16. The molecule has 5 rings (SSSR count). The molecule has 0 fully saturated rings. The van der Waals surface area contributed by atoms with E-state index in [1.165, 1.54) is 0 Å². The Balaban J connectivity index is 1.41. The lowest BCUT2D eigenvalue weighted by molar-refractivity contribution is 0.457. The normalized spacial score (nSPS) is 16.0. The number of hydrogen-bond donors (Lipinski definition) is 1. The van der Waals surface area contributed by atoms with Gasteiger partial charge in [-0.15, -0.1) is 0 Å². The number of H-pyrrole nitrogens is 1. The van der Waals surface area contributed by atoms with Crippen molar-refractivity contribution < 1.29 is 4.39 Å². The van der Waals surface area contributed by atoms with Crippen molar-refractivity contribution in [3.8, 4) is 22.6 Å². The number of hydrogen-bond acceptors (Lipinski definition) is 4. The molecule has 6 nitrogen and oxygen atoms in total. The summed E-state index contributed by atoms with van der Waals surface area (Å²) in [5.74, 6) is 0.0731. The number of aromatic nitrogens is 6. The van der Waals surface area contributed by atoms with Gasteiger partial charge in [0.15, 0.2) is 0 Å². The average Bonchev–Trinajstić information content (AvgIpc) is 3.37. The second kappa shape index (κ2) is 7.24. The third-order valence-corrected chi connectivity index (χ3v) is 5.63. The van der Waals surface area contributed by atoms with E-state index in [1.54, 1.807) is 24.7 Å². The predicted molar refractivity (Wildman–Crippen MR) is 108 cm³/mol. The molecule has 1 aromatic carbocycles. The summed E-state index contributed by atoms with van der Waals surface area (Å²) in [6.45, 7) is 2.62. The van der Waals surface area contributed by atoms with Crippen LogP contribution in [0.5, 0.6) is 0 Å². The molecule has 1 aliphatic rings. The van der Waals surface area contributed by atoms with E-state index < -0.39 is 0 Å². The molecule has 0 bridgehead atoms. The Bertz CT molecular complexity index is 1160. The number of halogens is 1. The van der Waals surface area contributed by atoms with Gasteiger partial charge in [-0.2, -0.15) is 15.4 Å². The molecule has 1 N–H and O–H groups in total. The van der Waals surface area contributed by atoms with Crippen LogP contribution in [-0.4, -0.2) is 29.9 Å². The first-order valence-electron chi connectivity index (χ1n) is 9.82. The second-order valence-electron chi connectivity index (χ2n) is 7.54. The molecule has 7 heteroatoms. The first-order chi connectivity index (χ1) is 14.2. The number of benzene rings is 1. The van der Waals surface area contributed by atoms with Crippen molar-refractivity contribution >= 4 is 0 Å². The van der Waals surface area contributed by atoms with Crippen LogP contribution in [0.4, 0.5) is 4.39 Å². The molecule has 1 atom stereocenters. The Labute approximate surface area is 167 Å². The van der Waals surface area contributed by atoms with Crippen LogP contribution in [0, 0.1) is 12.7 Å². The van der Waals surface area contributed by atoms with Gasteiger partial charge >= 0.3 is 0 Å². The fourth-order valence-electron chi connectivity index (χ4n) is 4.24. The average molecular weight is 388 g/mol. The largest absolute Gasteiger partial charge is 0.336 e. The molecule has 29 heavy (non-hydrogen) atoms. The SMILES string of the molecule is Cc1n[nH]nc1-c1ccnc(-c2cn(C[C@@H]3CCCc4cccc(F)c43)cn2)c1. The van der Waals surface area contributed by atoms with Crippen molar-refractivity contribution in [2.45, 2.75) is 38.6 Å². The molecule has 0 amide bonds. The maximum atomic E-state index is 14.5. The van der Waals surface area contributed by atoms with E-state index in [2.05, 4.69) is 25.4 Å². The number of pyridine rings is 1. The van der Waals surface area contributed by atoms with Crippen molar-refractivity contribution in [3.05, 3.63) is 71.7 Å². The minimum atomic E-state index is -0.0927. The lowest BCUT2D eigenvalue weighted by Gasteiger charge is -2.26. The summed E-state index contributed by atoms with van der Waals surface area (Å²) >= 11 is 0. The van der Waals surface area contributed by atoms with Crippen molar-refractivity contribution in [2.75, 3.05) is 0 Å². The number of rotatable bonds is 4. The van der Waals surface area contributed by atoms with Gasteiger partial charge in [0.25, 0.3) is 0 Å². The van der Waals surface area contributed by atoms with Crippen molar-refractivity contribution in [1.82, 2.24) is 29.9 Å². The molecule has 0 saturated heterocycles. The van der Waals surface area contributed by atoms with Gasteiger partial charge in [-0.3, -0.25) is 4.98 Å². The van der Waals surface area contributed by atoms with Crippen LogP contribution < -0.4 is 0 Å². The molecular formula is C22H21FN6. The number of aromatic amines is 1. The topological polar surface area (TPSA) is 72.3 Å². The number of aryl methyl sites for hydroxylation is 2. The molecule has 0 aliphatic heterocycles. The molecule has 146 valence electrons. The Kier molecular flexibility index (Phi) is 4.42. The van der Waals surface area contributed by atoms with Crippen molar-refractivity contribution in [2.24, 2.45) is 0 Å². The zero-order valence-corrected chi connectivity index (χ0v) is 16.1. The summed E-state index contributed by atoms with van der Waals surface area (Å²) in [5, 5.41) is 10.9. The van der Waals surface area contributed by atoms with E-state index in [4.69, 9.17) is 0 Å². The van der Waals surface area contributed by atoms with Gasteiger partial charge in [-0.25, -0.2) is 9.37 Å². The summed E-state index contributed by atoms with van der Waals surface area (Å²) in [5.41, 5.74) is 6.16. The van der Waals surface area contributed by atoms with Crippen LogP contribution >= 0.6 is 0 Å². The summed E-state index contributed by atoms with van der Waals surface area (Å²) in [6, 6.07) is 9.30. The third-order valence-electron chi connectivity index (χ3n) is 5.63. The first-order valence-corrected chi connectivity index (χ1v) is 9.82. The quantitative estimate of drug-likeness (QED) is 0.566. The lowest BCUT2D eigenvalue weighted by atomic mass is 9.82. The fraction of sp³-hybridized carbons (Fsp3) is 0.273. The number of nitrogens with one attached hydrogen (secondary N) is 1. The zero-order valence-electron chi connectivity index (χ0n) is 16.1.